The third-order valence-corrected chi connectivity index (χ3v) is 6.74. The van der Waals surface area contributed by atoms with Gasteiger partial charge in [-0.15, -0.1) is 11.3 Å². The van der Waals surface area contributed by atoms with Crippen LogP contribution in [0.2, 0.25) is 8.67 Å². The highest BCUT2D eigenvalue weighted by Gasteiger charge is 2.31. The predicted octanol–water partition coefficient (Wildman–Crippen LogP) is 1.11. The number of rotatable bonds is 4. The summed E-state index contributed by atoms with van der Waals surface area (Å²) in [6, 6.07) is 1.37. The molecule has 1 fully saturated rings. The molecule has 1 aliphatic rings. The van der Waals surface area contributed by atoms with Crippen molar-refractivity contribution in [2.24, 2.45) is 10.9 Å². The Bertz CT molecular complexity index is 639. The highest BCUT2D eigenvalue weighted by molar-refractivity contribution is 7.89. The first-order valence-electron chi connectivity index (χ1n) is 5.98. The Morgan fingerprint density at radius 1 is 1.38 bits per heavy atom. The monoisotopic (exact) mass is 372 g/mol. The molecule has 1 aromatic heterocycles. The molecule has 0 unspecified atom stereocenters. The van der Waals surface area contributed by atoms with E-state index in [4.69, 9.17) is 34.1 Å². The number of amidine groups is 1. The number of nitrogens with zero attached hydrogens (tertiary/aromatic N) is 3. The summed E-state index contributed by atoms with van der Waals surface area (Å²) in [5.74, 6) is 0.0963. The molecule has 1 aromatic rings. The molecule has 0 atom stereocenters. The van der Waals surface area contributed by atoms with E-state index in [1.54, 1.807) is 0 Å². The van der Waals surface area contributed by atoms with E-state index in [0.29, 0.717) is 37.1 Å². The van der Waals surface area contributed by atoms with Gasteiger partial charge in [-0.25, -0.2) is 8.42 Å². The third kappa shape index (κ3) is 3.79. The minimum atomic E-state index is -3.64. The Morgan fingerprint density at radius 3 is 2.48 bits per heavy atom. The predicted molar refractivity (Wildman–Crippen MR) is 82.9 cm³/mol. The van der Waals surface area contributed by atoms with Crippen molar-refractivity contribution < 1.29 is 13.6 Å². The van der Waals surface area contributed by atoms with Gasteiger partial charge in [0.25, 0.3) is 0 Å². The number of hydrogen-bond acceptors (Lipinski definition) is 6. The second-order valence-electron chi connectivity index (χ2n) is 4.46. The highest BCUT2D eigenvalue weighted by Crippen LogP contribution is 2.35. The first-order valence-corrected chi connectivity index (χ1v) is 8.99. The van der Waals surface area contributed by atoms with Crippen LogP contribution >= 0.6 is 34.5 Å². The second-order valence-corrected chi connectivity index (χ2v) is 8.65. The highest BCUT2D eigenvalue weighted by atomic mass is 35.5. The molecule has 7 nitrogen and oxygen atoms in total. The Kier molecular flexibility index (Phi) is 5.33. The molecule has 2 heterocycles. The van der Waals surface area contributed by atoms with E-state index in [0.717, 1.165) is 11.3 Å². The first-order chi connectivity index (χ1) is 9.84. The van der Waals surface area contributed by atoms with E-state index in [2.05, 4.69) is 5.16 Å². The topological polar surface area (TPSA) is 99.2 Å². The first kappa shape index (κ1) is 16.8. The van der Waals surface area contributed by atoms with Crippen molar-refractivity contribution in [3.8, 4) is 0 Å². The number of sulfonamides is 1. The van der Waals surface area contributed by atoms with Crippen LogP contribution in [0.5, 0.6) is 0 Å². The van der Waals surface area contributed by atoms with Gasteiger partial charge >= 0.3 is 0 Å². The van der Waals surface area contributed by atoms with E-state index < -0.39 is 10.0 Å². The van der Waals surface area contributed by atoms with Gasteiger partial charge in [0.05, 0.1) is 10.9 Å². The van der Waals surface area contributed by atoms with Crippen LogP contribution in [0.4, 0.5) is 0 Å². The van der Waals surface area contributed by atoms with Crippen molar-refractivity contribution >= 4 is 50.4 Å². The Morgan fingerprint density at radius 2 is 2.00 bits per heavy atom. The van der Waals surface area contributed by atoms with Crippen molar-refractivity contribution in [1.29, 1.82) is 0 Å². The van der Waals surface area contributed by atoms with Crippen LogP contribution in [0.25, 0.3) is 0 Å². The van der Waals surface area contributed by atoms with Crippen LogP contribution in [0, 0.1) is 0 Å². The van der Waals surface area contributed by atoms with Gasteiger partial charge < -0.3 is 10.9 Å². The standard InChI is InChI=1S/C10H14Cl2N4O3S2/c11-8-5-7(10(12)20-8)21(18,19)16-3-1-15(2-4-16)6-9(13)14-17/h5,17H,1-4,6H2,(H2,13,14). The van der Waals surface area contributed by atoms with Gasteiger partial charge in [-0.05, 0) is 6.07 Å². The molecule has 2 rings (SSSR count). The van der Waals surface area contributed by atoms with Crippen LogP contribution < -0.4 is 5.73 Å². The molecule has 0 bridgehead atoms. The maximum absolute atomic E-state index is 12.5. The van der Waals surface area contributed by atoms with Crippen molar-refractivity contribution in [2.75, 3.05) is 32.7 Å². The number of hydrogen-bond donors (Lipinski definition) is 2. The summed E-state index contributed by atoms with van der Waals surface area (Å²) >= 11 is 12.7. The Balaban J connectivity index is 2.06. The van der Waals surface area contributed by atoms with Crippen LogP contribution in [0.1, 0.15) is 0 Å². The lowest BCUT2D eigenvalue weighted by Crippen LogP contribution is -2.50. The molecule has 118 valence electrons. The van der Waals surface area contributed by atoms with E-state index in [-0.39, 0.29) is 15.1 Å². The molecule has 1 saturated heterocycles. The summed E-state index contributed by atoms with van der Waals surface area (Å²) in [5.41, 5.74) is 5.43. The van der Waals surface area contributed by atoms with E-state index >= 15 is 0 Å². The van der Waals surface area contributed by atoms with Crippen molar-refractivity contribution in [1.82, 2.24) is 9.21 Å². The lowest BCUT2D eigenvalue weighted by Gasteiger charge is -2.33. The SMILES string of the molecule is NC(CN1CCN(S(=O)(=O)c2cc(Cl)sc2Cl)CC1)=NO. The second kappa shape index (κ2) is 6.67. The van der Waals surface area contributed by atoms with Crippen molar-refractivity contribution in [3.63, 3.8) is 0 Å². The van der Waals surface area contributed by atoms with E-state index in [1.165, 1.54) is 10.4 Å². The van der Waals surface area contributed by atoms with Gasteiger partial charge in [0.1, 0.15) is 9.23 Å². The third-order valence-electron chi connectivity index (χ3n) is 3.09. The Hall–Kier alpha value is -0.580. The van der Waals surface area contributed by atoms with Gasteiger partial charge in [-0.1, -0.05) is 28.4 Å². The zero-order chi connectivity index (χ0) is 15.6. The minimum absolute atomic E-state index is 0.0454. The summed E-state index contributed by atoms with van der Waals surface area (Å²) in [6.45, 7) is 1.90. The maximum Gasteiger partial charge on any atom is 0.245 e. The van der Waals surface area contributed by atoms with Crippen molar-refractivity contribution in [3.05, 3.63) is 14.7 Å². The molecule has 0 spiro atoms. The lowest BCUT2D eigenvalue weighted by atomic mass is 10.3. The van der Waals surface area contributed by atoms with Crippen LogP contribution in [0.3, 0.4) is 0 Å². The summed E-state index contributed by atoms with van der Waals surface area (Å²) in [5, 5.41) is 11.4. The molecule has 3 N–H and O–H groups in total. The molecular formula is C10H14Cl2N4O3S2. The average Bonchev–Trinajstić information content (AvgIpc) is 2.79. The van der Waals surface area contributed by atoms with Gasteiger partial charge in [-0.2, -0.15) is 4.31 Å². The summed E-state index contributed by atoms with van der Waals surface area (Å²) in [4.78, 5) is 1.95. The number of piperazine rings is 1. The molecule has 0 aliphatic carbocycles. The molecule has 0 radical (unpaired) electrons. The van der Waals surface area contributed by atoms with Crippen molar-refractivity contribution in [2.45, 2.75) is 4.90 Å². The fourth-order valence-corrected chi connectivity index (χ4v) is 5.56. The quantitative estimate of drug-likeness (QED) is 0.357. The van der Waals surface area contributed by atoms with E-state index in [9.17, 15) is 8.42 Å². The summed E-state index contributed by atoms with van der Waals surface area (Å²) in [6.07, 6.45) is 0. The van der Waals surface area contributed by atoms with Crippen LogP contribution in [-0.2, 0) is 10.0 Å². The number of thiophene rings is 1. The van der Waals surface area contributed by atoms with Gasteiger partial charge in [0.2, 0.25) is 10.0 Å². The number of oxime groups is 1. The van der Waals surface area contributed by atoms with Gasteiger partial charge in [-0.3, -0.25) is 4.90 Å². The molecular weight excluding hydrogens is 359 g/mol. The molecule has 1 aliphatic heterocycles. The van der Waals surface area contributed by atoms with Gasteiger partial charge in [0.15, 0.2) is 5.84 Å². The lowest BCUT2D eigenvalue weighted by molar-refractivity contribution is 0.206. The van der Waals surface area contributed by atoms with Crippen LogP contribution in [-0.4, -0.2) is 61.4 Å². The average molecular weight is 373 g/mol. The molecule has 11 heteroatoms. The summed E-state index contributed by atoms with van der Waals surface area (Å²) < 4.78 is 26.8. The molecule has 0 saturated carbocycles. The Labute approximate surface area is 136 Å². The molecule has 0 aromatic carbocycles. The molecule has 0 amide bonds. The number of halogens is 2. The summed E-state index contributed by atoms with van der Waals surface area (Å²) in [7, 11) is -3.64. The molecule has 21 heavy (non-hydrogen) atoms. The van der Waals surface area contributed by atoms with E-state index in [1.807, 2.05) is 4.90 Å². The zero-order valence-corrected chi connectivity index (χ0v) is 14.0. The largest absolute Gasteiger partial charge is 0.409 e. The van der Waals surface area contributed by atoms with Gasteiger partial charge in [0, 0.05) is 26.2 Å². The minimum Gasteiger partial charge on any atom is -0.409 e. The zero-order valence-electron chi connectivity index (χ0n) is 10.9. The fraction of sp³-hybridized carbons (Fsp3) is 0.500. The smallest absolute Gasteiger partial charge is 0.245 e. The normalized spacial score (nSPS) is 19.0. The number of nitrogens with two attached hydrogens (primary N) is 1. The van der Waals surface area contributed by atoms with Crippen LogP contribution in [0.15, 0.2) is 16.1 Å². The maximum atomic E-state index is 12.5. The fourth-order valence-electron chi connectivity index (χ4n) is 2.03.